The molecule has 0 fully saturated rings. The van der Waals surface area contributed by atoms with Gasteiger partial charge >= 0.3 is 0 Å². The standard InChI is InChI=1S/C14H14N2O2S2/c1-9-7-20-8-12(9)14(17)16-10-2-4-11(5-3-10)18-6-13(15)19/h2-5,7-8H,6H2,1H3,(H2,15,19)(H,16,17). The first kappa shape index (κ1) is 14.5. The number of hydrogen-bond donors (Lipinski definition) is 2. The van der Waals surface area contributed by atoms with Crippen LogP contribution < -0.4 is 15.8 Å². The minimum atomic E-state index is -0.111. The quantitative estimate of drug-likeness (QED) is 0.834. The molecule has 0 aliphatic carbocycles. The molecule has 0 bridgehead atoms. The lowest BCUT2D eigenvalue weighted by molar-refractivity contribution is 0.102. The molecular weight excluding hydrogens is 292 g/mol. The van der Waals surface area contributed by atoms with Crippen molar-refractivity contribution in [1.29, 1.82) is 0 Å². The fourth-order valence-corrected chi connectivity index (χ4v) is 2.47. The van der Waals surface area contributed by atoms with Crippen LogP contribution in [0.2, 0.25) is 0 Å². The Morgan fingerprint density at radius 3 is 2.60 bits per heavy atom. The highest BCUT2D eigenvalue weighted by atomic mass is 32.1. The second-order valence-electron chi connectivity index (χ2n) is 4.20. The maximum absolute atomic E-state index is 12.0. The molecule has 20 heavy (non-hydrogen) atoms. The second-order valence-corrected chi connectivity index (χ2v) is 5.47. The Hall–Kier alpha value is -1.92. The van der Waals surface area contributed by atoms with E-state index in [9.17, 15) is 4.79 Å². The summed E-state index contributed by atoms with van der Waals surface area (Å²) in [5, 5.41) is 6.62. The molecule has 3 N–H and O–H groups in total. The van der Waals surface area contributed by atoms with E-state index in [0.29, 0.717) is 22.0 Å². The third-order valence-corrected chi connectivity index (χ3v) is 3.57. The summed E-state index contributed by atoms with van der Waals surface area (Å²) in [6, 6.07) is 7.06. The number of amides is 1. The second kappa shape index (κ2) is 6.49. The lowest BCUT2D eigenvalue weighted by Crippen LogP contribution is -2.17. The Balaban J connectivity index is 1.99. The van der Waals surface area contributed by atoms with E-state index in [-0.39, 0.29) is 12.5 Å². The van der Waals surface area contributed by atoms with Gasteiger partial charge in [0.2, 0.25) is 0 Å². The SMILES string of the molecule is Cc1cscc1C(=O)Nc1ccc(OCC(N)=S)cc1. The molecule has 1 amide bonds. The molecule has 0 unspecified atom stereocenters. The van der Waals surface area contributed by atoms with E-state index >= 15 is 0 Å². The van der Waals surface area contributed by atoms with E-state index in [0.717, 1.165) is 5.56 Å². The Morgan fingerprint density at radius 1 is 1.35 bits per heavy atom. The average molecular weight is 306 g/mol. The number of nitrogens with one attached hydrogen (secondary N) is 1. The largest absolute Gasteiger partial charge is 0.487 e. The summed E-state index contributed by atoms with van der Waals surface area (Å²) >= 11 is 6.24. The lowest BCUT2D eigenvalue weighted by Gasteiger charge is -2.07. The van der Waals surface area contributed by atoms with Gasteiger partial charge in [-0.2, -0.15) is 11.3 Å². The minimum Gasteiger partial charge on any atom is -0.487 e. The topological polar surface area (TPSA) is 64.3 Å². The van der Waals surface area contributed by atoms with E-state index < -0.39 is 0 Å². The summed E-state index contributed by atoms with van der Waals surface area (Å²) in [5.74, 6) is 0.545. The number of aryl methyl sites for hydroxylation is 1. The first-order chi connectivity index (χ1) is 9.56. The van der Waals surface area contributed by atoms with Crippen molar-refractivity contribution < 1.29 is 9.53 Å². The molecule has 2 aromatic rings. The number of thiocarbonyl (C=S) groups is 1. The Kier molecular flexibility index (Phi) is 4.70. The van der Waals surface area contributed by atoms with Crippen LogP contribution in [0.4, 0.5) is 5.69 Å². The number of carbonyl (C=O) groups is 1. The number of hydrogen-bond acceptors (Lipinski definition) is 4. The number of ether oxygens (including phenoxy) is 1. The Labute approximate surface area is 126 Å². The third kappa shape index (κ3) is 3.79. The summed E-state index contributed by atoms with van der Waals surface area (Å²) in [7, 11) is 0. The van der Waals surface area contributed by atoms with Gasteiger partial charge in [0.05, 0.1) is 5.56 Å². The van der Waals surface area contributed by atoms with E-state index in [1.165, 1.54) is 11.3 Å². The number of nitrogens with two attached hydrogens (primary N) is 1. The zero-order valence-corrected chi connectivity index (χ0v) is 12.5. The first-order valence-corrected chi connectivity index (χ1v) is 7.26. The fourth-order valence-electron chi connectivity index (χ4n) is 1.58. The van der Waals surface area contributed by atoms with Crippen molar-refractivity contribution in [3.63, 3.8) is 0 Å². The van der Waals surface area contributed by atoms with E-state index in [2.05, 4.69) is 5.32 Å². The van der Waals surface area contributed by atoms with Crippen LogP contribution in [0.15, 0.2) is 35.0 Å². The van der Waals surface area contributed by atoms with Crippen LogP contribution in [0.25, 0.3) is 0 Å². The summed E-state index contributed by atoms with van der Waals surface area (Å²) in [5.41, 5.74) is 7.74. The molecule has 6 heteroatoms. The lowest BCUT2D eigenvalue weighted by atomic mass is 10.2. The molecule has 4 nitrogen and oxygen atoms in total. The zero-order valence-electron chi connectivity index (χ0n) is 10.9. The Bertz CT molecular complexity index is 620. The summed E-state index contributed by atoms with van der Waals surface area (Å²) in [4.78, 5) is 12.3. The molecule has 0 atom stereocenters. The van der Waals surface area contributed by atoms with Gasteiger partial charge in [-0.25, -0.2) is 0 Å². The first-order valence-electron chi connectivity index (χ1n) is 5.91. The van der Waals surface area contributed by atoms with Crippen LogP contribution in [0.5, 0.6) is 5.75 Å². The van der Waals surface area contributed by atoms with Crippen molar-refractivity contribution in [2.75, 3.05) is 11.9 Å². The molecule has 0 aliphatic rings. The van der Waals surface area contributed by atoms with Gasteiger partial charge in [-0.15, -0.1) is 0 Å². The zero-order chi connectivity index (χ0) is 14.5. The average Bonchev–Trinajstić information content (AvgIpc) is 2.84. The monoisotopic (exact) mass is 306 g/mol. The molecular formula is C14H14N2O2S2. The van der Waals surface area contributed by atoms with Gasteiger partial charge in [-0.3, -0.25) is 4.79 Å². The number of carbonyl (C=O) groups excluding carboxylic acids is 1. The predicted octanol–water partition coefficient (Wildman–Crippen LogP) is 2.97. The smallest absolute Gasteiger partial charge is 0.256 e. The van der Waals surface area contributed by atoms with Crippen molar-refractivity contribution in [2.45, 2.75) is 6.92 Å². The maximum Gasteiger partial charge on any atom is 0.256 e. The van der Waals surface area contributed by atoms with E-state index in [1.54, 1.807) is 24.3 Å². The Morgan fingerprint density at radius 2 is 2.05 bits per heavy atom. The van der Waals surface area contributed by atoms with Crippen LogP contribution in [-0.2, 0) is 0 Å². The van der Waals surface area contributed by atoms with Crippen molar-refractivity contribution in [3.05, 3.63) is 46.2 Å². The van der Waals surface area contributed by atoms with Crippen LogP contribution in [0.1, 0.15) is 15.9 Å². The molecule has 1 aromatic carbocycles. The highest BCUT2D eigenvalue weighted by Gasteiger charge is 2.09. The predicted molar refractivity (Wildman–Crippen MR) is 85.7 cm³/mol. The highest BCUT2D eigenvalue weighted by molar-refractivity contribution is 7.80. The van der Waals surface area contributed by atoms with Gasteiger partial charge in [0.15, 0.2) is 0 Å². The van der Waals surface area contributed by atoms with Crippen LogP contribution >= 0.6 is 23.6 Å². The normalized spacial score (nSPS) is 10.1. The van der Waals surface area contributed by atoms with E-state index in [4.69, 9.17) is 22.7 Å². The van der Waals surface area contributed by atoms with Crippen molar-refractivity contribution in [3.8, 4) is 5.75 Å². The van der Waals surface area contributed by atoms with Gasteiger partial charge in [0.25, 0.3) is 5.91 Å². The molecule has 1 heterocycles. The van der Waals surface area contributed by atoms with Crippen molar-refractivity contribution in [1.82, 2.24) is 0 Å². The number of thiophene rings is 1. The number of rotatable bonds is 5. The van der Waals surface area contributed by atoms with Gasteiger partial charge in [-0.05, 0) is 42.1 Å². The summed E-state index contributed by atoms with van der Waals surface area (Å²) in [6.45, 7) is 2.12. The van der Waals surface area contributed by atoms with Crippen LogP contribution in [0, 0.1) is 6.92 Å². The maximum atomic E-state index is 12.0. The van der Waals surface area contributed by atoms with Crippen LogP contribution in [0.3, 0.4) is 0 Å². The molecule has 2 rings (SSSR count). The molecule has 0 saturated carbocycles. The minimum absolute atomic E-state index is 0.111. The molecule has 0 spiro atoms. The number of benzene rings is 1. The summed E-state index contributed by atoms with van der Waals surface area (Å²) in [6.07, 6.45) is 0. The molecule has 0 saturated heterocycles. The molecule has 104 valence electrons. The third-order valence-electron chi connectivity index (χ3n) is 2.59. The molecule has 0 aliphatic heterocycles. The van der Waals surface area contributed by atoms with Crippen molar-refractivity contribution in [2.24, 2.45) is 5.73 Å². The molecule has 0 radical (unpaired) electrons. The van der Waals surface area contributed by atoms with Gasteiger partial charge in [-0.1, -0.05) is 12.2 Å². The van der Waals surface area contributed by atoms with Crippen molar-refractivity contribution >= 4 is 40.1 Å². The van der Waals surface area contributed by atoms with Crippen LogP contribution in [-0.4, -0.2) is 17.5 Å². The van der Waals surface area contributed by atoms with Gasteiger partial charge < -0.3 is 15.8 Å². The van der Waals surface area contributed by atoms with Gasteiger partial charge in [0, 0.05) is 11.1 Å². The molecule has 1 aromatic heterocycles. The fraction of sp³-hybridized carbons (Fsp3) is 0.143. The van der Waals surface area contributed by atoms with Gasteiger partial charge in [0.1, 0.15) is 17.3 Å². The van der Waals surface area contributed by atoms with E-state index in [1.807, 2.05) is 17.7 Å². The highest BCUT2D eigenvalue weighted by Crippen LogP contribution is 2.18. The summed E-state index contributed by atoms with van der Waals surface area (Å²) < 4.78 is 5.34. The number of anilines is 1.